The molecule has 0 amide bonds. The molecule has 0 unspecified atom stereocenters. The second kappa shape index (κ2) is 17.1. The topological polar surface area (TPSA) is 53.4 Å². The third-order valence-corrected chi connectivity index (χ3v) is 12.1. The number of phenolic OH excluding ortho intramolecular Hbond substituents is 2. The van der Waals surface area contributed by atoms with Crippen molar-refractivity contribution >= 4 is 34.1 Å². The standard InChI is InChI=1S/C53H58N4O2.Pt/c1-32(2)40-17-13-18-41(33(3)4)50(40)38-23-25-48(58)46(27-38)56-30-54(44-21-11-15-36(9)52(44)56)29-55-31-57(53-37(10)16-12-22-45(53)55)47-28-39(24-26-49(47)59)51-42(34(5)6)19-14-20-43(51)35(7)8;/h11-28,30-35,58-59H,29H2,1-10H3;/q-2;+2. The molecule has 2 aliphatic rings. The molecule has 0 spiro atoms. The molecule has 0 fully saturated rings. The molecule has 6 aromatic rings. The minimum atomic E-state index is 0. The van der Waals surface area contributed by atoms with Crippen molar-refractivity contribution in [3.05, 3.63) is 156 Å². The maximum atomic E-state index is 11.6. The average molecular weight is 978 g/mol. The molecule has 2 N–H and O–H groups in total. The van der Waals surface area contributed by atoms with Gasteiger partial charge in [-0.1, -0.05) is 128 Å². The number of nitrogens with zero attached hydrogens (tertiary/aromatic N) is 4. The van der Waals surface area contributed by atoms with Gasteiger partial charge in [0.2, 0.25) is 0 Å². The van der Waals surface area contributed by atoms with Gasteiger partial charge in [0.1, 0.15) is 11.5 Å². The Morgan fingerprint density at radius 1 is 0.450 bits per heavy atom. The van der Waals surface area contributed by atoms with Crippen LogP contribution >= 0.6 is 0 Å². The maximum absolute atomic E-state index is 11.6. The first-order valence-corrected chi connectivity index (χ1v) is 21.2. The average Bonchev–Trinajstić information content (AvgIpc) is 3.77. The van der Waals surface area contributed by atoms with E-state index >= 15 is 0 Å². The summed E-state index contributed by atoms with van der Waals surface area (Å²) in [7, 11) is 0. The Balaban J connectivity index is 0.00000544. The van der Waals surface area contributed by atoms with Crippen LogP contribution in [0.15, 0.2) is 109 Å². The van der Waals surface area contributed by atoms with Gasteiger partial charge in [0.05, 0.1) is 11.4 Å². The first-order chi connectivity index (χ1) is 28.2. The molecule has 60 heavy (non-hydrogen) atoms. The summed E-state index contributed by atoms with van der Waals surface area (Å²) in [4.78, 5) is 8.81. The fraction of sp³-hybridized carbons (Fsp3) is 0.283. The number of benzene rings is 6. The van der Waals surface area contributed by atoms with Crippen LogP contribution in [0.1, 0.15) is 112 Å². The zero-order valence-corrected chi connectivity index (χ0v) is 38.8. The van der Waals surface area contributed by atoms with Gasteiger partial charge in [-0.05, 0) is 130 Å². The van der Waals surface area contributed by atoms with Crippen LogP contribution < -0.4 is 19.6 Å². The number of hydrogen-bond donors (Lipinski definition) is 2. The van der Waals surface area contributed by atoms with Gasteiger partial charge >= 0.3 is 21.1 Å². The van der Waals surface area contributed by atoms with Crippen molar-refractivity contribution in [1.82, 2.24) is 0 Å². The van der Waals surface area contributed by atoms with E-state index < -0.39 is 0 Å². The van der Waals surface area contributed by atoms with Crippen LogP contribution in [-0.2, 0) is 21.1 Å². The molecule has 0 radical (unpaired) electrons. The summed E-state index contributed by atoms with van der Waals surface area (Å²) in [5.74, 6) is 1.83. The number of aryl methyl sites for hydroxylation is 2. The maximum Gasteiger partial charge on any atom is 2.00 e. The molecule has 6 nitrogen and oxygen atoms in total. The monoisotopic (exact) mass is 977 g/mol. The Morgan fingerprint density at radius 3 is 1.12 bits per heavy atom. The fourth-order valence-corrected chi connectivity index (χ4v) is 9.16. The van der Waals surface area contributed by atoms with Crippen LogP contribution in [-0.4, -0.2) is 16.9 Å². The number of anilines is 6. The first-order valence-electron chi connectivity index (χ1n) is 21.2. The van der Waals surface area contributed by atoms with Gasteiger partial charge in [0.15, 0.2) is 0 Å². The molecule has 8 rings (SSSR count). The van der Waals surface area contributed by atoms with E-state index in [-0.39, 0.29) is 32.6 Å². The summed E-state index contributed by atoms with van der Waals surface area (Å²) in [6, 6.07) is 38.2. The van der Waals surface area contributed by atoms with Gasteiger partial charge in [-0.2, -0.15) is 0 Å². The van der Waals surface area contributed by atoms with Crippen LogP contribution in [0.2, 0.25) is 0 Å². The van der Waals surface area contributed by atoms with E-state index in [2.05, 4.69) is 199 Å². The summed E-state index contributed by atoms with van der Waals surface area (Å²) >= 11 is 0. The minimum Gasteiger partial charge on any atom is -0.506 e. The van der Waals surface area contributed by atoms with Crippen LogP contribution in [0.25, 0.3) is 22.3 Å². The summed E-state index contributed by atoms with van der Waals surface area (Å²) < 4.78 is 0. The number of rotatable bonds is 10. The van der Waals surface area contributed by atoms with Gasteiger partial charge in [0, 0.05) is 29.4 Å². The molecule has 0 bridgehead atoms. The summed E-state index contributed by atoms with van der Waals surface area (Å²) in [5.41, 5.74) is 17.8. The van der Waals surface area contributed by atoms with Crippen molar-refractivity contribution in [2.24, 2.45) is 0 Å². The molecular formula is C53H58N4O2Pt. The predicted octanol–water partition coefficient (Wildman–Crippen LogP) is 14.4. The molecule has 2 aliphatic heterocycles. The molecule has 0 aromatic heterocycles. The van der Waals surface area contributed by atoms with Crippen molar-refractivity contribution < 1.29 is 31.3 Å². The summed E-state index contributed by atoms with van der Waals surface area (Å²) in [6.45, 7) is 27.0. The molecule has 312 valence electrons. The summed E-state index contributed by atoms with van der Waals surface area (Å²) in [5, 5.41) is 23.2. The molecule has 0 saturated carbocycles. The normalized spacial score (nSPS) is 13.6. The van der Waals surface area contributed by atoms with Gasteiger partial charge < -0.3 is 29.8 Å². The quantitative estimate of drug-likeness (QED) is 0.133. The van der Waals surface area contributed by atoms with Gasteiger partial charge in [-0.15, -0.1) is 13.3 Å². The Morgan fingerprint density at radius 2 is 0.783 bits per heavy atom. The SMILES string of the molecule is Cc1cccc2c1N(c1cc(-c3c(C(C)C)cccc3C(C)C)ccc1O)[CH-]N2CN1[CH-]N(c2cc(-c3c(C(C)C)cccc3C(C)C)ccc2O)c2c(C)cccc21.[Pt+2]. The Kier molecular flexibility index (Phi) is 12.2. The van der Waals surface area contributed by atoms with E-state index in [4.69, 9.17) is 0 Å². The molecule has 6 aromatic carbocycles. The smallest absolute Gasteiger partial charge is 0.506 e. The van der Waals surface area contributed by atoms with Crippen molar-refractivity contribution in [2.45, 2.75) is 92.9 Å². The van der Waals surface area contributed by atoms with E-state index in [9.17, 15) is 10.2 Å². The number of phenols is 2. The van der Waals surface area contributed by atoms with Crippen molar-refractivity contribution in [3.8, 4) is 33.8 Å². The van der Waals surface area contributed by atoms with Crippen LogP contribution in [0.3, 0.4) is 0 Å². The molecule has 2 heterocycles. The van der Waals surface area contributed by atoms with E-state index in [0.717, 1.165) is 56.4 Å². The van der Waals surface area contributed by atoms with Gasteiger partial charge in [0.25, 0.3) is 0 Å². The second-order valence-electron chi connectivity index (χ2n) is 17.6. The number of fused-ring (bicyclic) bond motifs is 2. The second-order valence-corrected chi connectivity index (χ2v) is 17.6. The number of hydrogen-bond acceptors (Lipinski definition) is 6. The van der Waals surface area contributed by atoms with E-state index in [1.807, 2.05) is 12.1 Å². The third-order valence-electron chi connectivity index (χ3n) is 12.1. The minimum absolute atomic E-state index is 0. The van der Waals surface area contributed by atoms with Gasteiger partial charge in [-0.3, -0.25) is 0 Å². The Labute approximate surface area is 372 Å². The van der Waals surface area contributed by atoms with Crippen molar-refractivity contribution in [3.63, 3.8) is 0 Å². The Hall–Kier alpha value is -5.19. The number of para-hydroxylation sites is 2. The fourth-order valence-electron chi connectivity index (χ4n) is 9.16. The Bertz CT molecular complexity index is 2320. The molecule has 0 aliphatic carbocycles. The third kappa shape index (κ3) is 7.57. The number of aromatic hydroxyl groups is 2. The molecule has 0 atom stereocenters. The van der Waals surface area contributed by atoms with E-state index in [0.29, 0.717) is 30.3 Å². The molecular weight excluding hydrogens is 920 g/mol. The van der Waals surface area contributed by atoms with E-state index in [1.165, 1.54) is 33.4 Å². The largest absolute Gasteiger partial charge is 2.00 e. The first kappa shape index (κ1) is 42.9. The van der Waals surface area contributed by atoms with Crippen molar-refractivity contribution in [1.29, 1.82) is 0 Å². The zero-order valence-electron chi connectivity index (χ0n) is 36.6. The molecule has 7 heteroatoms. The van der Waals surface area contributed by atoms with E-state index in [1.54, 1.807) is 0 Å². The van der Waals surface area contributed by atoms with Crippen molar-refractivity contribution in [2.75, 3.05) is 26.3 Å². The summed E-state index contributed by atoms with van der Waals surface area (Å²) in [6.07, 6.45) is 0. The predicted molar refractivity (Wildman–Crippen MR) is 249 cm³/mol. The molecule has 0 saturated heterocycles. The zero-order chi connectivity index (χ0) is 41.9. The van der Waals surface area contributed by atoms with Crippen LogP contribution in [0.4, 0.5) is 34.1 Å². The van der Waals surface area contributed by atoms with Gasteiger partial charge in [-0.25, -0.2) is 0 Å². The van der Waals surface area contributed by atoms with Crippen LogP contribution in [0.5, 0.6) is 11.5 Å². The van der Waals surface area contributed by atoms with Crippen LogP contribution in [0, 0.1) is 27.2 Å².